The Morgan fingerprint density at radius 1 is 1.18 bits per heavy atom. The smallest absolute Gasteiger partial charge is 0.410 e. The Bertz CT molecular complexity index is 851. The molecule has 6 heteroatoms. The molecule has 6 nitrogen and oxygen atoms in total. The zero-order valence-electron chi connectivity index (χ0n) is 15.9. The van der Waals surface area contributed by atoms with E-state index in [-0.39, 0.29) is 31.1 Å². The fourth-order valence-corrected chi connectivity index (χ4v) is 3.59. The van der Waals surface area contributed by atoms with Gasteiger partial charge in [-0.2, -0.15) is 0 Å². The summed E-state index contributed by atoms with van der Waals surface area (Å²) in [6.45, 7) is 0.813. The van der Waals surface area contributed by atoms with Crippen LogP contribution in [0.2, 0.25) is 0 Å². The first-order valence-corrected chi connectivity index (χ1v) is 9.56. The number of hydrogen-bond acceptors (Lipinski definition) is 4. The fourth-order valence-electron chi connectivity index (χ4n) is 3.59. The Hall–Kier alpha value is -3.02. The molecule has 0 N–H and O–H groups in total. The molecule has 2 aliphatic rings. The molecule has 28 heavy (non-hydrogen) atoms. The van der Waals surface area contributed by atoms with Gasteiger partial charge in [-0.1, -0.05) is 42.5 Å². The highest BCUT2D eigenvalue weighted by Gasteiger charge is 2.39. The largest absolute Gasteiger partial charge is 0.497 e. The maximum Gasteiger partial charge on any atom is 0.410 e. The molecule has 1 saturated heterocycles. The van der Waals surface area contributed by atoms with Gasteiger partial charge in [0.2, 0.25) is 5.91 Å². The average Bonchev–Trinajstić information content (AvgIpc) is 3.51. The van der Waals surface area contributed by atoms with E-state index in [0.29, 0.717) is 6.54 Å². The fraction of sp³-hybridized carbons (Fsp3) is 0.364. The van der Waals surface area contributed by atoms with Crippen molar-refractivity contribution in [2.75, 3.05) is 20.3 Å². The van der Waals surface area contributed by atoms with E-state index in [1.165, 1.54) is 0 Å². The molecule has 2 amide bonds. The van der Waals surface area contributed by atoms with Crippen molar-refractivity contribution in [1.82, 2.24) is 9.80 Å². The van der Waals surface area contributed by atoms with E-state index in [2.05, 4.69) is 0 Å². The molecule has 1 heterocycles. The maximum atomic E-state index is 13.1. The van der Waals surface area contributed by atoms with Crippen LogP contribution in [0.4, 0.5) is 4.79 Å². The minimum absolute atomic E-state index is 0.0266. The highest BCUT2D eigenvalue weighted by Crippen LogP contribution is 2.31. The van der Waals surface area contributed by atoms with Crippen LogP contribution in [-0.4, -0.2) is 48.1 Å². The SMILES string of the molecule is COc1cccc(CN(C(=O)CN2C(=O)OC[C@@H]2c2ccccc2)C2CC2)c1. The van der Waals surface area contributed by atoms with Gasteiger partial charge in [-0.15, -0.1) is 0 Å². The number of rotatable bonds is 7. The van der Waals surface area contributed by atoms with Crippen LogP contribution in [0.15, 0.2) is 54.6 Å². The van der Waals surface area contributed by atoms with E-state index in [1.807, 2.05) is 59.5 Å². The number of ether oxygens (including phenoxy) is 2. The van der Waals surface area contributed by atoms with Crippen molar-refractivity contribution >= 4 is 12.0 Å². The first-order valence-electron chi connectivity index (χ1n) is 9.56. The lowest BCUT2D eigenvalue weighted by Crippen LogP contribution is -2.42. The Morgan fingerprint density at radius 2 is 1.96 bits per heavy atom. The lowest BCUT2D eigenvalue weighted by atomic mass is 10.1. The minimum Gasteiger partial charge on any atom is -0.497 e. The van der Waals surface area contributed by atoms with Crippen LogP contribution in [0, 0.1) is 0 Å². The lowest BCUT2D eigenvalue weighted by molar-refractivity contribution is -0.133. The predicted octanol–water partition coefficient (Wildman–Crippen LogP) is 3.38. The molecule has 0 spiro atoms. The van der Waals surface area contributed by atoms with Gasteiger partial charge in [0, 0.05) is 12.6 Å². The number of cyclic esters (lactones) is 1. The number of carbonyl (C=O) groups excluding carboxylic acids is 2. The predicted molar refractivity (Wildman–Crippen MR) is 104 cm³/mol. The van der Waals surface area contributed by atoms with Crippen molar-refractivity contribution in [1.29, 1.82) is 0 Å². The zero-order chi connectivity index (χ0) is 19.5. The van der Waals surface area contributed by atoms with Crippen LogP contribution < -0.4 is 4.74 Å². The molecule has 0 radical (unpaired) electrons. The van der Waals surface area contributed by atoms with E-state index >= 15 is 0 Å². The van der Waals surface area contributed by atoms with Crippen LogP contribution in [0.1, 0.15) is 30.0 Å². The number of carbonyl (C=O) groups is 2. The Labute approximate surface area is 164 Å². The second-order valence-corrected chi connectivity index (χ2v) is 7.24. The zero-order valence-corrected chi connectivity index (χ0v) is 15.9. The van der Waals surface area contributed by atoms with E-state index in [4.69, 9.17) is 9.47 Å². The van der Waals surface area contributed by atoms with Gasteiger partial charge < -0.3 is 14.4 Å². The van der Waals surface area contributed by atoms with Gasteiger partial charge in [0.1, 0.15) is 18.9 Å². The van der Waals surface area contributed by atoms with Crippen molar-refractivity contribution in [3.05, 3.63) is 65.7 Å². The Kier molecular flexibility index (Phi) is 5.19. The van der Waals surface area contributed by atoms with Gasteiger partial charge in [-0.25, -0.2) is 4.79 Å². The van der Waals surface area contributed by atoms with E-state index in [1.54, 1.807) is 12.0 Å². The van der Waals surface area contributed by atoms with Gasteiger partial charge in [-0.3, -0.25) is 9.69 Å². The first kappa shape index (κ1) is 18.3. The Morgan fingerprint density at radius 3 is 2.68 bits per heavy atom. The maximum absolute atomic E-state index is 13.1. The third-order valence-corrected chi connectivity index (χ3v) is 5.26. The molecule has 1 atom stereocenters. The standard InChI is InChI=1S/C22H24N2O4/c1-27-19-9-5-6-16(12-19)13-23(18-10-11-18)21(25)14-24-20(15-28-22(24)26)17-7-3-2-4-8-17/h2-9,12,18,20H,10-11,13-15H2,1H3/t20-/m1/s1. The summed E-state index contributed by atoms with van der Waals surface area (Å²) < 4.78 is 10.5. The summed E-state index contributed by atoms with van der Waals surface area (Å²) >= 11 is 0. The topological polar surface area (TPSA) is 59.1 Å². The van der Waals surface area contributed by atoms with Crippen LogP contribution >= 0.6 is 0 Å². The monoisotopic (exact) mass is 380 g/mol. The van der Waals surface area contributed by atoms with Crippen LogP contribution in [-0.2, 0) is 16.1 Å². The molecule has 0 unspecified atom stereocenters. The molecular weight excluding hydrogens is 356 g/mol. The normalized spacial score (nSPS) is 18.7. The van der Waals surface area contributed by atoms with Gasteiger partial charge in [-0.05, 0) is 36.1 Å². The molecule has 2 aromatic carbocycles. The second-order valence-electron chi connectivity index (χ2n) is 7.24. The first-order chi connectivity index (χ1) is 13.7. The van der Waals surface area contributed by atoms with Gasteiger partial charge in [0.05, 0.1) is 13.2 Å². The number of benzene rings is 2. The van der Waals surface area contributed by atoms with Gasteiger partial charge in [0.25, 0.3) is 0 Å². The summed E-state index contributed by atoms with van der Waals surface area (Å²) in [5.41, 5.74) is 2.00. The molecule has 4 rings (SSSR count). The van der Waals surface area contributed by atoms with Crippen LogP contribution in [0.25, 0.3) is 0 Å². The van der Waals surface area contributed by atoms with E-state index < -0.39 is 6.09 Å². The number of nitrogens with zero attached hydrogens (tertiary/aromatic N) is 2. The summed E-state index contributed by atoms with van der Waals surface area (Å²) in [5.74, 6) is 0.720. The molecule has 2 fully saturated rings. The van der Waals surface area contributed by atoms with Gasteiger partial charge in [0.15, 0.2) is 0 Å². The Balaban J connectivity index is 1.49. The molecular formula is C22H24N2O4. The molecule has 1 saturated carbocycles. The highest BCUT2D eigenvalue weighted by atomic mass is 16.6. The molecule has 0 bridgehead atoms. The second kappa shape index (κ2) is 7.92. The third kappa shape index (κ3) is 3.96. The van der Waals surface area contributed by atoms with E-state index in [9.17, 15) is 9.59 Å². The quantitative estimate of drug-likeness (QED) is 0.739. The lowest BCUT2D eigenvalue weighted by Gasteiger charge is -2.27. The summed E-state index contributed by atoms with van der Waals surface area (Å²) in [5, 5.41) is 0. The molecule has 2 aromatic rings. The summed E-state index contributed by atoms with van der Waals surface area (Å²) in [7, 11) is 1.63. The summed E-state index contributed by atoms with van der Waals surface area (Å²) in [6, 6.07) is 17.5. The summed E-state index contributed by atoms with van der Waals surface area (Å²) in [6.07, 6.45) is 1.57. The molecule has 0 aromatic heterocycles. The van der Waals surface area contributed by atoms with Crippen molar-refractivity contribution in [2.24, 2.45) is 0 Å². The number of methoxy groups -OCH3 is 1. The highest BCUT2D eigenvalue weighted by molar-refractivity contribution is 5.83. The van der Waals surface area contributed by atoms with Crippen molar-refractivity contribution < 1.29 is 19.1 Å². The number of hydrogen-bond donors (Lipinski definition) is 0. The van der Waals surface area contributed by atoms with E-state index in [0.717, 1.165) is 29.7 Å². The number of amides is 2. The van der Waals surface area contributed by atoms with Crippen LogP contribution in [0.5, 0.6) is 5.75 Å². The third-order valence-electron chi connectivity index (χ3n) is 5.26. The summed E-state index contributed by atoms with van der Waals surface area (Å²) in [4.78, 5) is 28.8. The average molecular weight is 380 g/mol. The molecule has 1 aliphatic heterocycles. The van der Waals surface area contributed by atoms with Crippen molar-refractivity contribution in [3.63, 3.8) is 0 Å². The minimum atomic E-state index is -0.431. The van der Waals surface area contributed by atoms with Crippen molar-refractivity contribution in [3.8, 4) is 5.75 Å². The van der Waals surface area contributed by atoms with Crippen LogP contribution in [0.3, 0.4) is 0 Å². The van der Waals surface area contributed by atoms with Crippen molar-refractivity contribution in [2.45, 2.75) is 31.5 Å². The molecule has 146 valence electrons. The molecule has 1 aliphatic carbocycles. The van der Waals surface area contributed by atoms with Gasteiger partial charge >= 0.3 is 6.09 Å².